The van der Waals surface area contributed by atoms with Crippen molar-refractivity contribution in [3.05, 3.63) is 65.2 Å². The maximum atomic E-state index is 14.1. The molecule has 2 unspecified atom stereocenters. The van der Waals surface area contributed by atoms with Crippen LogP contribution in [-0.4, -0.2) is 45.6 Å². The van der Waals surface area contributed by atoms with Gasteiger partial charge in [-0.1, -0.05) is 61.9 Å². The molecule has 1 saturated carbocycles. The smallest absolute Gasteiger partial charge is 0.408 e. The Kier molecular flexibility index (Phi) is 10.2. The Labute approximate surface area is 236 Å². The second kappa shape index (κ2) is 13.6. The maximum Gasteiger partial charge on any atom is 0.408 e. The number of alkyl carbamates (subject to hydrolysis) is 1. The summed E-state index contributed by atoms with van der Waals surface area (Å²) in [5.41, 5.74) is 0.673. The van der Waals surface area contributed by atoms with E-state index in [1.165, 1.54) is 12.1 Å². The zero-order valence-corrected chi connectivity index (χ0v) is 23.3. The third kappa shape index (κ3) is 8.28. The van der Waals surface area contributed by atoms with Crippen molar-refractivity contribution in [3.63, 3.8) is 0 Å². The molecular weight excluding hydrogens is 506 g/mol. The van der Waals surface area contributed by atoms with Crippen LogP contribution in [-0.2, 0) is 20.7 Å². The lowest BCUT2D eigenvalue weighted by molar-refractivity contribution is -0.139. The van der Waals surface area contributed by atoms with Gasteiger partial charge in [0.2, 0.25) is 5.91 Å². The second-order valence-corrected chi connectivity index (χ2v) is 10.9. The molecule has 1 fully saturated rings. The Morgan fingerprint density at radius 3 is 2.30 bits per heavy atom. The summed E-state index contributed by atoms with van der Waals surface area (Å²) >= 11 is 0. The minimum atomic E-state index is -1.23. The van der Waals surface area contributed by atoms with E-state index in [1.807, 2.05) is 0 Å². The molecule has 210 valence electrons. The van der Waals surface area contributed by atoms with Gasteiger partial charge in [0.1, 0.15) is 23.4 Å². The predicted molar refractivity (Wildman–Crippen MR) is 153 cm³/mol. The Balaban J connectivity index is 2.00. The third-order valence-electron chi connectivity index (χ3n) is 6.61. The Morgan fingerprint density at radius 1 is 1.05 bits per heavy atom. The molecule has 1 aliphatic rings. The molecule has 3 rings (SSSR count). The first-order valence-electron chi connectivity index (χ1n) is 13.4. The molecule has 0 bridgehead atoms. The summed E-state index contributed by atoms with van der Waals surface area (Å²) in [6.45, 7) is 5.12. The summed E-state index contributed by atoms with van der Waals surface area (Å²) in [4.78, 5) is 41.7. The van der Waals surface area contributed by atoms with E-state index in [0.29, 0.717) is 16.7 Å². The number of nitrogens with one attached hydrogen (secondary N) is 2. The number of rotatable bonds is 8. The zero-order chi connectivity index (χ0) is 29.3. The van der Waals surface area contributed by atoms with Crippen LogP contribution in [0.1, 0.15) is 75.6 Å². The van der Waals surface area contributed by atoms with Crippen molar-refractivity contribution in [2.45, 2.75) is 83.0 Å². The van der Waals surface area contributed by atoms with E-state index in [-0.39, 0.29) is 18.2 Å². The van der Waals surface area contributed by atoms with E-state index >= 15 is 0 Å². The van der Waals surface area contributed by atoms with E-state index < -0.39 is 35.6 Å². The van der Waals surface area contributed by atoms with Crippen molar-refractivity contribution in [1.82, 2.24) is 15.5 Å². The highest BCUT2D eigenvalue weighted by Crippen LogP contribution is 2.27. The minimum Gasteiger partial charge on any atom is -0.508 e. The lowest BCUT2D eigenvalue weighted by atomic mass is 9.93. The van der Waals surface area contributed by atoms with Crippen LogP contribution in [0.5, 0.6) is 5.75 Å². The SMILES string of the molecule is C#Cc1ccccc1C(C(=O)NC1CCCCC1)N(C#C)C(=O)C(Cc1ccc(O)cc1)NC(=O)OC(C)(C)C. The van der Waals surface area contributed by atoms with Gasteiger partial charge in [-0.2, -0.15) is 0 Å². The van der Waals surface area contributed by atoms with Crippen LogP contribution < -0.4 is 10.6 Å². The number of carbonyl (C=O) groups excluding carboxylic acids is 3. The lowest BCUT2D eigenvalue weighted by Gasteiger charge is -2.32. The number of phenolic OH excluding ortho intramolecular Hbond substituents is 1. The number of nitrogens with zero attached hydrogens (tertiary/aromatic N) is 1. The predicted octanol–water partition coefficient (Wildman–Crippen LogP) is 4.42. The van der Waals surface area contributed by atoms with Gasteiger partial charge in [0.15, 0.2) is 0 Å². The monoisotopic (exact) mass is 543 g/mol. The molecule has 2 atom stereocenters. The van der Waals surface area contributed by atoms with Gasteiger partial charge in [0.05, 0.1) is 0 Å². The molecule has 1 aliphatic carbocycles. The average molecular weight is 544 g/mol. The van der Waals surface area contributed by atoms with Crippen molar-refractivity contribution in [3.8, 4) is 30.6 Å². The van der Waals surface area contributed by atoms with Gasteiger partial charge < -0.3 is 20.5 Å². The molecule has 0 saturated heterocycles. The maximum absolute atomic E-state index is 14.1. The number of phenols is 1. The van der Waals surface area contributed by atoms with Gasteiger partial charge in [-0.3, -0.25) is 14.5 Å². The van der Waals surface area contributed by atoms with Crippen LogP contribution in [0.25, 0.3) is 0 Å². The van der Waals surface area contributed by atoms with Crippen LogP contribution in [0.3, 0.4) is 0 Å². The average Bonchev–Trinajstić information content (AvgIpc) is 2.91. The number of ether oxygens (including phenoxy) is 1. The van der Waals surface area contributed by atoms with Gasteiger partial charge in [0, 0.05) is 29.6 Å². The van der Waals surface area contributed by atoms with E-state index in [1.54, 1.807) is 57.2 Å². The third-order valence-corrected chi connectivity index (χ3v) is 6.61. The highest BCUT2D eigenvalue weighted by molar-refractivity contribution is 5.94. The Morgan fingerprint density at radius 2 is 1.70 bits per heavy atom. The molecule has 8 heteroatoms. The molecule has 3 amide bonds. The molecule has 8 nitrogen and oxygen atoms in total. The summed E-state index contributed by atoms with van der Waals surface area (Å²) in [5.74, 6) is 1.52. The molecule has 0 aromatic heterocycles. The molecule has 2 aromatic carbocycles. The van der Waals surface area contributed by atoms with Gasteiger partial charge in [0.25, 0.3) is 5.91 Å². The van der Waals surface area contributed by atoms with Crippen LogP contribution in [0.15, 0.2) is 48.5 Å². The molecule has 0 heterocycles. The molecule has 2 aromatic rings. The van der Waals surface area contributed by atoms with Crippen LogP contribution in [0.4, 0.5) is 4.79 Å². The van der Waals surface area contributed by atoms with Crippen molar-refractivity contribution in [2.24, 2.45) is 0 Å². The summed E-state index contributed by atoms with van der Waals surface area (Å²) in [6.07, 6.45) is 15.7. The molecule has 0 spiro atoms. The standard InChI is InChI=1S/C32H37N3O5/c1-6-23-13-11-12-16-26(23)28(29(37)33-24-14-9-8-10-15-24)35(7-2)30(38)27(34-31(39)40-32(3,4)5)21-22-17-19-25(36)20-18-22/h1-2,11-13,16-20,24,27-28,36H,8-10,14-15,21H2,3-5H3,(H,33,37)(H,34,39). The molecule has 3 N–H and O–H groups in total. The van der Waals surface area contributed by atoms with Crippen LogP contribution in [0.2, 0.25) is 0 Å². The Hall–Kier alpha value is -4.43. The number of carbonyl (C=O) groups is 3. The summed E-state index contributed by atoms with van der Waals surface area (Å²) < 4.78 is 5.40. The van der Waals surface area contributed by atoms with E-state index in [2.05, 4.69) is 22.6 Å². The summed E-state index contributed by atoms with van der Waals surface area (Å²) in [5, 5.41) is 15.4. The number of amides is 3. The van der Waals surface area contributed by atoms with Crippen molar-refractivity contribution >= 4 is 17.9 Å². The number of hydrogen-bond donors (Lipinski definition) is 3. The zero-order valence-electron chi connectivity index (χ0n) is 23.3. The van der Waals surface area contributed by atoms with E-state index in [9.17, 15) is 19.5 Å². The number of terminal acetylenes is 2. The molecule has 0 aliphatic heterocycles. The van der Waals surface area contributed by atoms with Gasteiger partial charge in [-0.05, 0) is 57.4 Å². The quantitative estimate of drug-likeness (QED) is 0.338. The fourth-order valence-electron chi connectivity index (χ4n) is 4.74. The molecule has 40 heavy (non-hydrogen) atoms. The second-order valence-electron chi connectivity index (χ2n) is 10.9. The van der Waals surface area contributed by atoms with Gasteiger partial charge >= 0.3 is 6.09 Å². The summed E-state index contributed by atoms with van der Waals surface area (Å²) in [7, 11) is 0. The number of benzene rings is 2. The normalized spacial score (nSPS) is 15.0. The lowest BCUT2D eigenvalue weighted by Crippen LogP contribution is -2.53. The highest BCUT2D eigenvalue weighted by atomic mass is 16.6. The minimum absolute atomic E-state index is 0.0320. The van der Waals surface area contributed by atoms with Crippen molar-refractivity contribution in [2.75, 3.05) is 0 Å². The highest BCUT2D eigenvalue weighted by Gasteiger charge is 2.37. The number of hydrogen-bond acceptors (Lipinski definition) is 5. The first kappa shape index (κ1) is 30.1. The Bertz CT molecular complexity index is 1280. The van der Waals surface area contributed by atoms with Crippen molar-refractivity contribution < 1.29 is 24.2 Å². The number of aromatic hydroxyl groups is 1. The first-order valence-corrected chi connectivity index (χ1v) is 13.4. The van der Waals surface area contributed by atoms with Gasteiger partial charge in [-0.25, -0.2) is 4.79 Å². The van der Waals surface area contributed by atoms with E-state index in [4.69, 9.17) is 17.6 Å². The topological polar surface area (TPSA) is 108 Å². The largest absolute Gasteiger partial charge is 0.508 e. The van der Waals surface area contributed by atoms with Crippen LogP contribution in [0, 0.1) is 24.8 Å². The fraction of sp³-hybridized carbons (Fsp3) is 0.406. The molecular formula is C32H37N3O5. The van der Waals surface area contributed by atoms with Crippen molar-refractivity contribution in [1.29, 1.82) is 0 Å². The molecule has 0 radical (unpaired) electrons. The van der Waals surface area contributed by atoms with E-state index in [0.717, 1.165) is 37.0 Å². The fourth-order valence-corrected chi connectivity index (χ4v) is 4.74. The summed E-state index contributed by atoms with van der Waals surface area (Å²) in [6, 6.07) is 13.0. The van der Waals surface area contributed by atoms with Gasteiger partial charge in [-0.15, -0.1) is 6.42 Å². The van der Waals surface area contributed by atoms with Crippen LogP contribution >= 0.6 is 0 Å². The first-order chi connectivity index (χ1) is 19.0.